The smallest absolute Gasteiger partial charge is 0.305 e. The Morgan fingerprint density at radius 2 is 1.95 bits per heavy atom. The number of carbonyl (C=O) groups excluding carboxylic acids is 1. The fourth-order valence-corrected chi connectivity index (χ4v) is 4.19. The molecular formula is C14H27NO4S. The minimum atomic E-state index is -3.29. The Morgan fingerprint density at radius 3 is 2.60 bits per heavy atom. The molecule has 2 atom stereocenters. The SMILES string of the molecule is CCOC(=O)CCCS(=O)(=O)NC1CCCCC1CC. The van der Waals surface area contributed by atoms with E-state index in [0.29, 0.717) is 18.9 Å². The molecule has 1 fully saturated rings. The van der Waals surface area contributed by atoms with Gasteiger partial charge in [-0.05, 0) is 32.1 Å². The van der Waals surface area contributed by atoms with E-state index in [1.54, 1.807) is 6.92 Å². The Morgan fingerprint density at radius 1 is 1.25 bits per heavy atom. The van der Waals surface area contributed by atoms with Crippen LogP contribution in [0.25, 0.3) is 0 Å². The second-order valence-electron chi connectivity index (χ2n) is 5.40. The number of carbonyl (C=O) groups is 1. The summed E-state index contributed by atoms with van der Waals surface area (Å²) in [7, 11) is -3.29. The summed E-state index contributed by atoms with van der Waals surface area (Å²) in [6.07, 6.45) is 5.80. The molecule has 0 bridgehead atoms. The lowest BCUT2D eigenvalue weighted by molar-refractivity contribution is -0.143. The van der Waals surface area contributed by atoms with Crippen LogP contribution in [0, 0.1) is 5.92 Å². The summed E-state index contributed by atoms with van der Waals surface area (Å²) >= 11 is 0. The van der Waals surface area contributed by atoms with Crippen molar-refractivity contribution in [1.29, 1.82) is 0 Å². The van der Waals surface area contributed by atoms with E-state index in [4.69, 9.17) is 4.74 Å². The molecule has 0 spiro atoms. The lowest BCUT2D eigenvalue weighted by atomic mass is 9.83. The van der Waals surface area contributed by atoms with E-state index in [-0.39, 0.29) is 24.2 Å². The molecule has 0 aromatic heterocycles. The summed E-state index contributed by atoms with van der Waals surface area (Å²) in [6.45, 7) is 4.19. The molecule has 1 N–H and O–H groups in total. The van der Waals surface area contributed by atoms with Crippen LogP contribution in [0.1, 0.15) is 58.8 Å². The first-order valence-electron chi connectivity index (χ1n) is 7.64. The number of nitrogens with one attached hydrogen (secondary N) is 1. The van der Waals surface area contributed by atoms with Crippen molar-refractivity contribution < 1.29 is 17.9 Å². The molecule has 2 unspecified atom stereocenters. The molecule has 1 rings (SSSR count). The molecule has 0 aromatic rings. The van der Waals surface area contributed by atoms with Crippen molar-refractivity contribution >= 4 is 16.0 Å². The summed E-state index contributed by atoms with van der Waals surface area (Å²) in [5.41, 5.74) is 0. The number of esters is 1. The quantitative estimate of drug-likeness (QED) is 0.698. The normalized spacial score (nSPS) is 23.5. The number of hydrogen-bond donors (Lipinski definition) is 1. The monoisotopic (exact) mass is 305 g/mol. The van der Waals surface area contributed by atoms with Crippen molar-refractivity contribution in [1.82, 2.24) is 4.72 Å². The standard InChI is InChI=1S/C14H27NO4S/c1-3-12-8-5-6-9-13(12)15-20(17,18)11-7-10-14(16)19-4-2/h12-13,15H,3-11H2,1-2H3. The van der Waals surface area contributed by atoms with Crippen LogP contribution in [0.5, 0.6) is 0 Å². The van der Waals surface area contributed by atoms with Crippen molar-refractivity contribution in [3.63, 3.8) is 0 Å². The van der Waals surface area contributed by atoms with Crippen LogP contribution >= 0.6 is 0 Å². The molecule has 0 amide bonds. The van der Waals surface area contributed by atoms with Crippen molar-refractivity contribution in [2.24, 2.45) is 5.92 Å². The number of hydrogen-bond acceptors (Lipinski definition) is 4. The Kier molecular flexibility index (Phi) is 7.51. The predicted octanol–water partition coefficient (Wildman–Crippen LogP) is 2.22. The Balaban J connectivity index is 2.38. The van der Waals surface area contributed by atoms with E-state index >= 15 is 0 Å². The summed E-state index contributed by atoms with van der Waals surface area (Å²) in [6, 6.07) is 0.0707. The fourth-order valence-electron chi connectivity index (χ4n) is 2.78. The highest BCUT2D eigenvalue weighted by atomic mass is 32.2. The molecule has 0 aliphatic heterocycles. The third-order valence-electron chi connectivity index (χ3n) is 3.86. The molecule has 20 heavy (non-hydrogen) atoms. The second kappa shape index (κ2) is 8.62. The van der Waals surface area contributed by atoms with Gasteiger partial charge in [0.2, 0.25) is 10.0 Å². The van der Waals surface area contributed by atoms with Crippen LogP contribution in [0.2, 0.25) is 0 Å². The lowest BCUT2D eigenvalue weighted by Gasteiger charge is -2.31. The van der Waals surface area contributed by atoms with Gasteiger partial charge in [-0.15, -0.1) is 0 Å². The van der Waals surface area contributed by atoms with Gasteiger partial charge in [-0.1, -0.05) is 26.2 Å². The fraction of sp³-hybridized carbons (Fsp3) is 0.929. The van der Waals surface area contributed by atoms with Crippen molar-refractivity contribution in [2.75, 3.05) is 12.4 Å². The highest BCUT2D eigenvalue weighted by Gasteiger charge is 2.27. The summed E-state index contributed by atoms with van der Waals surface area (Å²) in [4.78, 5) is 11.2. The summed E-state index contributed by atoms with van der Waals surface area (Å²) in [5, 5.41) is 0. The van der Waals surface area contributed by atoms with Gasteiger partial charge in [-0.2, -0.15) is 0 Å². The third-order valence-corrected chi connectivity index (χ3v) is 5.35. The van der Waals surface area contributed by atoms with E-state index in [1.807, 2.05) is 0 Å². The zero-order chi connectivity index (χ0) is 15.0. The number of rotatable bonds is 8. The third kappa shape index (κ3) is 6.22. The first-order chi connectivity index (χ1) is 9.48. The maximum atomic E-state index is 12.0. The van der Waals surface area contributed by atoms with Gasteiger partial charge in [-0.25, -0.2) is 13.1 Å². The molecule has 1 saturated carbocycles. The zero-order valence-corrected chi connectivity index (χ0v) is 13.4. The van der Waals surface area contributed by atoms with Gasteiger partial charge in [-0.3, -0.25) is 4.79 Å². The van der Waals surface area contributed by atoms with Crippen LogP contribution in [-0.2, 0) is 19.6 Å². The van der Waals surface area contributed by atoms with Gasteiger partial charge in [0.25, 0.3) is 0 Å². The van der Waals surface area contributed by atoms with Gasteiger partial charge in [0.1, 0.15) is 0 Å². The highest BCUT2D eigenvalue weighted by molar-refractivity contribution is 7.89. The molecule has 0 radical (unpaired) electrons. The van der Waals surface area contributed by atoms with Crippen LogP contribution < -0.4 is 4.72 Å². The van der Waals surface area contributed by atoms with Crippen molar-refractivity contribution in [2.45, 2.75) is 64.8 Å². The van der Waals surface area contributed by atoms with Crippen molar-refractivity contribution in [3.05, 3.63) is 0 Å². The average molecular weight is 305 g/mol. The maximum Gasteiger partial charge on any atom is 0.305 e. The van der Waals surface area contributed by atoms with Gasteiger partial charge >= 0.3 is 5.97 Å². The Bertz CT molecular complexity index is 394. The first-order valence-corrected chi connectivity index (χ1v) is 9.29. The minimum absolute atomic E-state index is 0.00124. The van der Waals surface area contributed by atoms with E-state index in [1.165, 1.54) is 6.42 Å². The Labute approximate surface area is 122 Å². The largest absolute Gasteiger partial charge is 0.466 e. The molecule has 6 heteroatoms. The molecule has 1 aliphatic rings. The van der Waals surface area contributed by atoms with Gasteiger partial charge < -0.3 is 4.74 Å². The first kappa shape index (κ1) is 17.4. The summed E-state index contributed by atoms with van der Waals surface area (Å²) < 4.78 is 31.7. The molecule has 0 aromatic carbocycles. The molecule has 5 nitrogen and oxygen atoms in total. The van der Waals surface area contributed by atoms with Gasteiger partial charge in [0, 0.05) is 12.5 Å². The average Bonchev–Trinajstić information content (AvgIpc) is 2.39. The highest BCUT2D eigenvalue weighted by Crippen LogP contribution is 2.27. The van der Waals surface area contributed by atoms with Crippen LogP contribution in [0.4, 0.5) is 0 Å². The zero-order valence-electron chi connectivity index (χ0n) is 12.6. The Hall–Kier alpha value is -0.620. The molecule has 0 heterocycles. The van der Waals surface area contributed by atoms with E-state index in [0.717, 1.165) is 25.7 Å². The number of ether oxygens (including phenoxy) is 1. The van der Waals surface area contributed by atoms with Crippen LogP contribution in [0.15, 0.2) is 0 Å². The lowest BCUT2D eigenvalue weighted by Crippen LogP contribution is -2.42. The minimum Gasteiger partial charge on any atom is -0.466 e. The maximum absolute atomic E-state index is 12.0. The predicted molar refractivity (Wildman–Crippen MR) is 78.8 cm³/mol. The molecular weight excluding hydrogens is 278 g/mol. The second-order valence-corrected chi connectivity index (χ2v) is 7.28. The number of sulfonamides is 1. The molecule has 118 valence electrons. The molecule has 1 aliphatic carbocycles. The van der Waals surface area contributed by atoms with Crippen molar-refractivity contribution in [3.8, 4) is 0 Å². The topological polar surface area (TPSA) is 72.5 Å². The summed E-state index contributed by atoms with van der Waals surface area (Å²) in [5.74, 6) is 0.119. The van der Waals surface area contributed by atoms with E-state index < -0.39 is 10.0 Å². The van der Waals surface area contributed by atoms with Crippen LogP contribution in [0.3, 0.4) is 0 Å². The molecule has 0 saturated heterocycles. The van der Waals surface area contributed by atoms with E-state index in [2.05, 4.69) is 11.6 Å². The van der Waals surface area contributed by atoms with Gasteiger partial charge in [0.15, 0.2) is 0 Å². The van der Waals surface area contributed by atoms with E-state index in [9.17, 15) is 13.2 Å². The van der Waals surface area contributed by atoms with Crippen LogP contribution in [-0.4, -0.2) is 32.8 Å². The van der Waals surface area contributed by atoms with Gasteiger partial charge in [0.05, 0.1) is 12.4 Å².